The average Bonchev–Trinajstić information content (AvgIpc) is 3.12. The number of para-hydroxylation sites is 2. The lowest BCUT2D eigenvalue weighted by Gasteiger charge is -2.33. The molecule has 1 aliphatic rings. The van der Waals surface area contributed by atoms with E-state index in [2.05, 4.69) is 14.9 Å². The van der Waals surface area contributed by atoms with Gasteiger partial charge in [0.25, 0.3) is 0 Å². The topological polar surface area (TPSA) is 59.4 Å². The van der Waals surface area contributed by atoms with Crippen molar-refractivity contribution in [3.63, 3.8) is 0 Å². The van der Waals surface area contributed by atoms with Crippen LogP contribution < -0.4 is 10.1 Å². The fourth-order valence-electron chi connectivity index (χ4n) is 3.69. The number of hydrogen-bond acceptors (Lipinski definition) is 3. The summed E-state index contributed by atoms with van der Waals surface area (Å²) in [6.07, 6.45) is 3.41. The summed E-state index contributed by atoms with van der Waals surface area (Å²) in [6.45, 7) is 3.75. The first-order chi connectivity index (χ1) is 13.7. The Hall–Kier alpha value is -3.09. The van der Waals surface area contributed by atoms with Crippen LogP contribution in [0.3, 0.4) is 0 Å². The molecule has 0 unspecified atom stereocenters. The highest BCUT2D eigenvalue weighted by Crippen LogP contribution is 2.28. The molecule has 2 aromatic carbocycles. The molecular formula is C21H23FN4O2. The smallest absolute Gasteiger partial charge is 0.321 e. The van der Waals surface area contributed by atoms with Crippen molar-refractivity contribution in [1.82, 2.24) is 14.5 Å². The Bertz CT molecular complexity index is 979. The van der Waals surface area contributed by atoms with Crippen LogP contribution in [-0.2, 0) is 0 Å². The summed E-state index contributed by atoms with van der Waals surface area (Å²) in [6, 6.07) is 12.2. The lowest BCUT2D eigenvalue weighted by atomic mass is 10.0. The number of ether oxygens (including phenoxy) is 1. The number of carbonyl (C=O) groups is 1. The van der Waals surface area contributed by atoms with E-state index in [9.17, 15) is 9.18 Å². The number of benzene rings is 2. The monoisotopic (exact) mass is 382 g/mol. The second-order valence-corrected chi connectivity index (χ2v) is 6.86. The number of nitrogens with zero attached hydrogens (tertiary/aromatic N) is 3. The van der Waals surface area contributed by atoms with Gasteiger partial charge in [0.05, 0.1) is 29.7 Å². The maximum absolute atomic E-state index is 13.4. The number of aromatic nitrogens is 2. The van der Waals surface area contributed by atoms with E-state index < -0.39 is 0 Å². The van der Waals surface area contributed by atoms with Crippen molar-refractivity contribution in [2.45, 2.75) is 25.8 Å². The fourth-order valence-corrected chi connectivity index (χ4v) is 3.69. The highest BCUT2D eigenvalue weighted by molar-refractivity contribution is 5.91. The van der Waals surface area contributed by atoms with Gasteiger partial charge in [-0.15, -0.1) is 0 Å². The van der Waals surface area contributed by atoms with E-state index in [-0.39, 0.29) is 17.9 Å². The van der Waals surface area contributed by atoms with Crippen molar-refractivity contribution in [2.24, 2.45) is 0 Å². The first-order valence-electron chi connectivity index (χ1n) is 9.55. The molecule has 4 rings (SSSR count). The number of rotatable bonds is 4. The van der Waals surface area contributed by atoms with Gasteiger partial charge in [-0.1, -0.05) is 12.1 Å². The molecule has 1 aromatic heterocycles. The van der Waals surface area contributed by atoms with Gasteiger partial charge >= 0.3 is 6.03 Å². The predicted octanol–water partition coefficient (Wildman–Crippen LogP) is 4.44. The maximum atomic E-state index is 13.4. The summed E-state index contributed by atoms with van der Waals surface area (Å²) in [5.41, 5.74) is 2.27. The van der Waals surface area contributed by atoms with E-state index >= 15 is 0 Å². The SMILES string of the molecule is CCOc1ccccc1NC(=O)N1CCC(n2cnc3cc(F)ccc32)CC1. The summed E-state index contributed by atoms with van der Waals surface area (Å²) < 4.78 is 21.0. The number of amides is 2. The number of anilines is 1. The van der Waals surface area contributed by atoms with Crippen LogP contribution in [0.15, 0.2) is 48.8 Å². The third kappa shape index (κ3) is 3.65. The summed E-state index contributed by atoms with van der Waals surface area (Å²) in [5, 5.41) is 2.95. The van der Waals surface area contributed by atoms with Crippen molar-refractivity contribution in [3.8, 4) is 5.75 Å². The Balaban J connectivity index is 1.40. The van der Waals surface area contributed by atoms with E-state index in [1.165, 1.54) is 12.1 Å². The molecule has 146 valence electrons. The van der Waals surface area contributed by atoms with Crippen molar-refractivity contribution < 1.29 is 13.9 Å². The molecule has 2 amide bonds. The molecule has 2 heterocycles. The molecule has 0 atom stereocenters. The van der Waals surface area contributed by atoms with Gasteiger partial charge in [-0.2, -0.15) is 0 Å². The highest BCUT2D eigenvalue weighted by Gasteiger charge is 2.25. The van der Waals surface area contributed by atoms with Crippen LogP contribution in [0.1, 0.15) is 25.8 Å². The highest BCUT2D eigenvalue weighted by atomic mass is 19.1. The lowest BCUT2D eigenvalue weighted by molar-refractivity contribution is 0.184. The molecule has 28 heavy (non-hydrogen) atoms. The van der Waals surface area contributed by atoms with Crippen LogP contribution in [0, 0.1) is 5.82 Å². The number of hydrogen-bond donors (Lipinski definition) is 1. The minimum absolute atomic E-state index is 0.122. The molecule has 0 bridgehead atoms. The minimum Gasteiger partial charge on any atom is -0.492 e. The van der Waals surface area contributed by atoms with Crippen molar-refractivity contribution >= 4 is 22.8 Å². The van der Waals surface area contributed by atoms with E-state index in [1.54, 1.807) is 12.4 Å². The Morgan fingerprint density at radius 3 is 2.82 bits per heavy atom. The van der Waals surface area contributed by atoms with Gasteiger partial charge in [0.15, 0.2) is 0 Å². The molecule has 0 saturated carbocycles. The summed E-state index contributed by atoms with van der Waals surface area (Å²) in [5.74, 6) is 0.391. The number of urea groups is 1. The lowest BCUT2D eigenvalue weighted by Crippen LogP contribution is -2.41. The van der Waals surface area contributed by atoms with Crippen LogP contribution >= 0.6 is 0 Å². The average molecular weight is 382 g/mol. The van der Waals surface area contributed by atoms with Gasteiger partial charge in [0, 0.05) is 25.2 Å². The molecule has 6 nitrogen and oxygen atoms in total. The van der Waals surface area contributed by atoms with Gasteiger partial charge < -0.3 is 19.5 Å². The molecule has 0 spiro atoms. The Kier molecular flexibility index (Phi) is 5.14. The number of fused-ring (bicyclic) bond motifs is 1. The fraction of sp³-hybridized carbons (Fsp3) is 0.333. The normalized spacial score (nSPS) is 15.0. The Labute approximate surface area is 162 Å². The molecule has 0 radical (unpaired) electrons. The number of imidazole rings is 1. The molecule has 7 heteroatoms. The summed E-state index contributed by atoms with van der Waals surface area (Å²) in [7, 11) is 0. The van der Waals surface area contributed by atoms with Gasteiger partial charge in [-0.05, 0) is 44.0 Å². The largest absolute Gasteiger partial charge is 0.492 e. The molecule has 1 fully saturated rings. The van der Waals surface area contributed by atoms with Gasteiger partial charge in [-0.25, -0.2) is 14.2 Å². The second kappa shape index (κ2) is 7.88. The van der Waals surface area contributed by atoms with Crippen LogP contribution in [0.4, 0.5) is 14.9 Å². The number of piperidine rings is 1. The van der Waals surface area contributed by atoms with E-state index in [0.29, 0.717) is 36.6 Å². The molecule has 0 aliphatic carbocycles. The van der Waals surface area contributed by atoms with Gasteiger partial charge in [0.1, 0.15) is 11.6 Å². The number of halogens is 1. The van der Waals surface area contributed by atoms with Crippen molar-refractivity contribution in [3.05, 3.63) is 54.6 Å². The van der Waals surface area contributed by atoms with Crippen LogP contribution in [0.2, 0.25) is 0 Å². The van der Waals surface area contributed by atoms with Crippen molar-refractivity contribution in [1.29, 1.82) is 0 Å². The van der Waals surface area contributed by atoms with Crippen LogP contribution in [-0.4, -0.2) is 40.2 Å². The third-order valence-corrected chi connectivity index (χ3v) is 5.11. The molecule has 3 aromatic rings. The van der Waals surface area contributed by atoms with E-state index in [0.717, 1.165) is 18.4 Å². The zero-order valence-electron chi connectivity index (χ0n) is 15.8. The zero-order chi connectivity index (χ0) is 19.5. The van der Waals surface area contributed by atoms with Gasteiger partial charge in [0.2, 0.25) is 0 Å². The number of likely N-dealkylation sites (tertiary alicyclic amines) is 1. The maximum Gasteiger partial charge on any atom is 0.321 e. The number of nitrogens with one attached hydrogen (secondary N) is 1. The first kappa shape index (κ1) is 18.3. The molecular weight excluding hydrogens is 359 g/mol. The number of carbonyl (C=O) groups excluding carboxylic acids is 1. The standard InChI is InChI=1S/C21H23FN4O2/c1-2-28-20-6-4-3-5-17(20)24-21(27)25-11-9-16(10-12-25)26-14-23-18-13-15(22)7-8-19(18)26/h3-8,13-14,16H,2,9-12H2,1H3,(H,24,27). The van der Waals surface area contributed by atoms with Crippen LogP contribution in [0.5, 0.6) is 5.75 Å². The molecule has 1 saturated heterocycles. The quantitative estimate of drug-likeness (QED) is 0.726. The minimum atomic E-state index is -0.281. The second-order valence-electron chi connectivity index (χ2n) is 6.86. The van der Waals surface area contributed by atoms with E-state index in [4.69, 9.17) is 4.74 Å². The zero-order valence-corrected chi connectivity index (χ0v) is 15.8. The first-order valence-corrected chi connectivity index (χ1v) is 9.55. The Morgan fingerprint density at radius 1 is 1.25 bits per heavy atom. The summed E-state index contributed by atoms with van der Waals surface area (Å²) >= 11 is 0. The molecule has 1 N–H and O–H groups in total. The molecule has 1 aliphatic heterocycles. The van der Waals surface area contributed by atoms with Gasteiger partial charge in [-0.3, -0.25) is 0 Å². The predicted molar refractivity (Wildman–Crippen MR) is 106 cm³/mol. The third-order valence-electron chi connectivity index (χ3n) is 5.11. The van der Waals surface area contributed by atoms with Crippen molar-refractivity contribution in [2.75, 3.05) is 25.0 Å². The van der Waals surface area contributed by atoms with E-state index in [1.807, 2.05) is 36.1 Å². The Morgan fingerprint density at radius 2 is 2.04 bits per heavy atom. The summed E-state index contributed by atoms with van der Waals surface area (Å²) in [4.78, 5) is 18.8. The van der Waals surface area contributed by atoms with Crippen LogP contribution in [0.25, 0.3) is 11.0 Å².